The molecule has 0 bridgehead atoms. The summed E-state index contributed by atoms with van der Waals surface area (Å²) in [6.45, 7) is 12.5. The summed E-state index contributed by atoms with van der Waals surface area (Å²) < 4.78 is 0. The van der Waals surface area contributed by atoms with E-state index in [9.17, 15) is 0 Å². The van der Waals surface area contributed by atoms with Gasteiger partial charge in [0.25, 0.3) is 0 Å². The van der Waals surface area contributed by atoms with E-state index in [1.807, 2.05) is 11.3 Å². The van der Waals surface area contributed by atoms with Crippen molar-refractivity contribution >= 4 is 11.3 Å². The topological polar surface area (TPSA) is 15.3 Å². The molecular formula is C17H30N2S. The monoisotopic (exact) mass is 294 g/mol. The summed E-state index contributed by atoms with van der Waals surface area (Å²) in [5, 5.41) is 3.77. The first kappa shape index (κ1) is 16.0. The zero-order valence-corrected chi connectivity index (χ0v) is 14.4. The Morgan fingerprint density at radius 3 is 2.55 bits per heavy atom. The summed E-state index contributed by atoms with van der Waals surface area (Å²) in [7, 11) is 0. The van der Waals surface area contributed by atoms with Crippen LogP contribution in [0.5, 0.6) is 0 Å². The number of thiophene rings is 1. The van der Waals surface area contributed by atoms with Crippen LogP contribution in [0.2, 0.25) is 0 Å². The first-order chi connectivity index (χ1) is 9.63. The Bertz CT molecular complexity index is 386. The molecule has 3 heteroatoms. The zero-order valence-electron chi connectivity index (χ0n) is 13.5. The third-order valence-corrected chi connectivity index (χ3v) is 5.82. The molecule has 2 rings (SSSR count). The van der Waals surface area contributed by atoms with Crippen molar-refractivity contribution in [2.45, 2.75) is 65.5 Å². The highest BCUT2D eigenvalue weighted by Gasteiger charge is 2.18. The van der Waals surface area contributed by atoms with Gasteiger partial charge in [-0.15, -0.1) is 11.3 Å². The van der Waals surface area contributed by atoms with Crippen molar-refractivity contribution in [1.82, 2.24) is 10.2 Å². The molecule has 2 unspecified atom stereocenters. The lowest BCUT2D eigenvalue weighted by Gasteiger charge is -2.25. The highest BCUT2D eigenvalue weighted by molar-refractivity contribution is 7.12. The molecule has 0 saturated carbocycles. The Kier molecular flexibility index (Phi) is 6.06. The van der Waals surface area contributed by atoms with Crippen molar-refractivity contribution in [2.75, 3.05) is 19.6 Å². The Hall–Kier alpha value is -0.380. The standard InChI is InChI=1S/C17H30N2S/c1-5-19(6-2)12-13(3)18-14(4)17-11-15-9-7-8-10-16(15)20-17/h11,13-14,18H,5-10,12H2,1-4H3. The van der Waals surface area contributed by atoms with Crippen molar-refractivity contribution in [3.8, 4) is 0 Å². The van der Waals surface area contributed by atoms with E-state index in [0.717, 1.165) is 19.6 Å². The van der Waals surface area contributed by atoms with Crippen LogP contribution in [-0.4, -0.2) is 30.6 Å². The number of nitrogens with one attached hydrogen (secondary N) is 1. The van der Waals surface area contributed by atoms with Crippen LogP contribution in [0.4, 0.5) is 0 Å². The van der Waals surface area contributed by atoms with Crippen LogP contribution in [0, 0.1) is 0 Å². The van der Waals surface area contributed by atoms with E-state index >= 15 is 0 Å². The smallest absolute Gasteiger partial charge is 0.0388 e. The molecule has 2 atom stereocenters. The normalized spacial score (nSPS) is 18.1. The van der Waals surface area contributed by atoms with E-state index in [-0.39, 0.29) is 0 Å². The summed E-state index contributed by atoms with van der Waals surface area (Å²) >= 11 is 2.04. The van der Waals surface area contributed by atoms with Gasteiger partial charge in [0.1, 0.15) is 0 Å². The fourth-order valence-electron chi connectivity index (χ4n) is 3.16. The van der Waals surface area contributed by atoms with Crippen LogP contribution in [0.3, 0.4) is 0 Å². The molecule has 0 saturated heterocycles. The van der Waals surface area contributed by atoms with Crippen LogP contribution in [-0.2, 0) is 12.8 Å². The van der Waals surface area contributed by atoms with Gasteiger partial charge in [-0.05, 0) is 64.3 Å². The molecule has 20 heavy (non-hydrogen) atoms. The zero-order chi connectivity index (χ0) is 14.5. The van der Waals surface area contributed by atoms with Crippen LogP contribution >= 0.6 is 11.3 Å². The summed E-state index contributed by atoms with van der Waals surface area (Å²) in [5.74, 6) is 0. The molecular weight excluding hydrogens is 264 g/mol. The predicted octanol–water partition coefficient (Wildman–Crippen LogP) is 4.01. The maximum absolute atomic E-state index is 3.77. The molecule has 1 heterocycles. The van der Waals surface area contributed by atoms with Gasteiger partial charge in [-0.2, -0.15) is 0 Å². The molecule has 0 radical (unpaired) electrons. The number of rotatable bonds is 7. The van der Waals surface area contributed by atoms with Crippen LogP contribution in [0.15, 0.2) is 6.07 Å². The Labute approximate surface area is 128 Å². The SMILES string of the molecule is CCN(CC)CC(C)NC(C)c1cc2c(s1)CCCC2. The van der Waals surface area contributed by atoms with Crippen molar-refractivity contribution in [3.05, 3.63) is 21.4 Å². The van der Waals surface area contributed by atoms with Gasteiger partial charge < -0.3 is 10.2 Å². The Balaban J connectivity index is 1.90. The molecule has 0 amide bonds. The molecule has 2 nitrogen and oxygen atoms in total. The first-order valence-electron chi connectivity index (χ1n) is 8.23. The van der Waals surface area contributed by atoms with Crippen LogP contribution in [0.25, 0.3) is 0 Å². The summed E-state index contributed by atoms with van der Waals surface area (Å²) in [6, 6.07) is 3.49. The average molecular weight is 295 g/mol. The molecule has 1 aliphatic carbocycles. The minimum absolute atomic E-state index is 0.483. The van der Waals surface area contributed by atoms with Crippen molar-refractivity contribution < 1.29 is 0 Å². The highest BCUT2D eigenvalue weighted by Crippen LogP contribution is 2.32. The molecule has 1 aliphatic rings. The lowest BCUT2D eigenvalue weighted by Crippen LogP contribution is -2.40. The van der Waals surface area contributed by atoms with E-state index in [0.29, 0.717) is 12.1 Å². The Morgan fingerprint density at radius 2 is 1.90 bits per heavy atom. The highest BCUT2D eigenvalue weighted by atomic mass is 32.1. The second kappa shape index (κ2) is 7.58. The second-order valence-corrected chi connectivity index (χ2v) is 7.25. The van der Waals surface area contributed by atoms with Crippen molar-refractivity contribution in [1.29, 1.82) is 0 Å². The van der Waals surface area contributed by atoms with Gasteiger partial charge in [0.2, 0.25) is 0 Å². The van der Waals surface area contributed by atoms with E-state index in [4.69, 9.17) is 0 Å². The molecule has 1 N–H and O–H groups in total. The van der Waals surface area contributed by atoms with Crippen molar-refractivity contribution in [2.24, 2.45) is 0 Å². The number of hydrogen-bond donors (Lipinski definition) is 1. The van der Waals surface area contributed by atoms with Gasteiger partial charge in [0.15, 0.2) is 0 Å². The van der Waals surface area contributed by atoms with Gasteiger partial charge in [-0.1, -0.05) is 13.8 Å². The second-order valence-electron chi connectivity index (χ2n) is 6.08. The van der Waals surface area contributed by atoms with Gasteiger partial charge in [-0.3, -0.25) is 0 Å². The Morgan fingerprint density at radius 1 is 1.20 bits per heavy atom. The predicted molar refractivity (Wildman–Crippen MR) is 89.8 cm³/mol. The molecule has 0 fully saturated rings. The first-order valence-corrected chi connectivity index (χ1v) is 9.05. The summed E-state index contributed by atoms with van der Waals surface area (Å²) in [6.07, 6.45) is 5.37. The minimum Gasteiger partial charge on any atom is -0.306 e. The van der Waals surface area contributed by atoms with Gasteiger partial charge in [0, 0.05) is 28.4 Å². The quantitative estimate of drug-likeness (QED) is 0.817. The van der Waals surface area contributed by atoms with Gasteiger partial charge >= 0.3 is 0 Å². The number of likely N-dealkylation sites (N-methyl/N-ethyl adjacent to an activating group) is 1. The molecule has 114 valence electrons. The van der Waals surface area contributed by atoms with Gasteiger partial charge in [-0.25, -0.2) is 0 Å². The molecule has 1 aromatic rings. The number of nitrogens with zero attached hydrogens (tertiary/aromatic N) is 1. The molecule has 0 aromatic carbocycles. The van der Waals surface area contributed by atoms with E-state index in [1.165, 1.54) is 30.6 Å². The number of aryl methyl sites for hydroxylation is 2. The minimum atomic E-state index is 0.483. The average Bonchev–Trinajstić information content (AvgIpc) is 2.88. The lowest BCUT2D eigenvalue weighted by atomic mass is 9.99. The fourth-order valence-corrected chi connectivity index (χ4v) is 4.43. The molecule has 1 aromatic heterocycles. The summed E-state index contributed by atoms with van der Waals surface area (Å²) in [4.78, 5) is 5.67. The fraction of sp³-hybridized carbons (Fsp3) is 0.765. The van der Waals surface area contributed by atoms with Crippen LogP contribution in [0.1, 0.15) is 61.9 Å². The third kappa shape index (κ3) is 4.06. The maximum atomic E-state index is 3.77. The summed E-state index contributed by atoms with van der Waals surface area (Å²) in [5.41, 5.74) is 1.63. The number of hydrogen-bond acceptors (Lipinski definition) is 3. The van der Waals surface area contributed by atoms with E-state index in [1.54, 1.807) is 10.4 Å². The van der Waals surface area contributed by atoms with Crippen LogP contribution < -0.4 is 5.32 Å². The van der Waals surface area contributed by atoms with E-state index in [2.05, 4.69) is 44.0 Å². The largest absolute Gasteiger partial charge is 0.306 e. The van der Waals surface area contributed by atoms with Gasteiger partial charge in [0.05, 0.1) is 0 Å². The lowest BCUT2D eigenvalue weighted by molar-refractivity contribution is 0.264. The molecule has 0 spiro atoms. The maximum Gasteiger partial charge on any atom is 0.0388 e. The molecule has 0 aliphatic heterocycles. The van der Waals surface area contributed by atoms with Crippen molar-refractivity contribution in [3.63, 3.8) is 0 Å². The third-order valence-electron chi connectivity index (χ3n) is 4.40. The van der Waals surface area contributed by atoms with E-state index < -0.39 is 0 Å². The number of fused-ring (bicyclic) bond motifs is 1.